The van der Waals surface area contributed by atoms with Gasteiger partial charge in [-0.25, -0.2) is 9.78 Å². The van der Waals surface area contributed by atoms with E-state index in [0.29, 0.717) is 40.7 Å². The van der Waals surface area contributed by atoms with Crippen LogP contribution in [0.5, 0.6) is 17.2 Å². The highest BCUT2D eigenvalue weighted by Crippen LogP contribution is 2.45. The van der Waals surface area contributed by atoms with Crippen LogP contribution in [0.15, 0.2) is 109 Å². The van der Waals surface area contributed by atoms with E-state index in [2.05, 4.69) is 4.98 Å². The zero-order valence-corrected chi connectivity index (χ0v) is 26.6. The average Bonchev–Trinajstić information content (AvgIpc) is 3.60. The third-order valence-electron chi connectivity index (χ3n) is 7.74. The monoisotopic (exact) mass is 646 g/mol. The van der Waals surface area contributed by atoms with Gasteiger partial charge < -0.3 is 19.3 Å². The van der Waals surface area contributed by atoms with E-state index >= 15 is 0 Å². The first kappa shape index (κ1) is 31.3. The Labute approximate surface area is 275 Å². The molecule has 47 heavy (non-hydrogen) atoms. The van der Waals surface area contributed by atoms with E-state index in [9.17, 15) is 19.5 Å². The number of hydrogen-bond acceptors (Lipinski definition) is 9. The number of aliphatic hydroxyl groups excluding tert-OH is 1. The fraction of sp³-hybridized carbons (Fsp3) is 0.135. The van der Waals surface area contributed by atoms with Crippen molar-refractivity contribution in [2.45, 2.75) is 26.5 Å². The minimum atomic E-state index is -1.08. The van der Waals surface area contributed by atoms with Crippen molar-refractivity contribution in [3.8, 4) is 17.2 Å². The summed E-state index contributed by atoms with van der Waals surface area (Å²) < 4.78 is 16.9. The Morgan fingerprint density at radius 1 is 0.872 bits per heavy atom. The lowest BCUT2D eigenvalue weighted by molar-refractivity contribution is -0.132. The number of thiazole rings is 1. The summed E-state index contributed by atoms with van der Waals surface area (Å²) in [6.45, 7) is 4.00. The Morgan fingerprint density at radius 3 is 2.30 bits per heavy atom. The maximum Gasteiger partial charge on any atom is 0.350 e. The Kier molecular flexibility index (Phi) is 8.86. The van der Waals surface area contributed by atoms with E-state index in [-0.39, 0.29) is 21.3 Å². The summed E-state index contributed by atoms with van der Waals surface area (Å²) in [5, 5.41) is 11.8. The van der Waals surface area contributed by atoms with Crippen LogP contribution >= 0.6 is 11.3 Å². The number of esters is 1. The molecule has 1 saturated heterocycles. The Morgan fingerprint density at radius 2 is 1.57 bits per heavy atom. The van der Waals surface area contributed by atoms with Crippen molar-refractivity contribution in [2.24, 2.45) is 0 Å². The number of aryl methyl sites for hydroxylation is 2. The lowest BCUT2D eigenvalue weighted by atomic mass is 9.95. The SMILES string of the molecule is COC(=O)c1sc(N2C(=O)C(=O)C(=C(O)c3ccc(OCc4ccccc4C)cc3)C2c2cccc(Oc3ccccc3)c2)nc1C. The summed E-state index contributed by atoms with van der Waals surface area (Å²) in [5.74, 6) is -1.13. The Hall–Kier alpha value is -5.74. The number of aliphatic hydroxyl groups is 1. The van der Waals surface area contributed by atoms with E-state index in [1.807, 2.05) is 49.4 Å². The molecule has 1 fully saturated rings. The quantitative estimate of drug-likeness (QED) is 0.0756. The number of hydrogen-bond donors (Lipinski definition) is 1. The summed E-state index contributed by atoms with van der Waals surface area (Å²) in [4.78, 5) is 45.7. The van der Waals surface area contributed by atoms with Crippen molar-refractivity contribution in [3.63, 3.8) is 0 Å². The number of methoxy groups -OCH3 is 1. The van der Waals surface area contributed by atoms with Gasteiger partial charge in [-0.3, -0.25) is 14.5 Å². The van der Waals surface area contributed by atoms with Gasteiger partial charge in [0.05, 0.1) is 24.4 Å². The molecule has 0 saturated carbocycles. The molecule has 2 heterocycles. The molecular formula is C37H30N2O7S. The second-order valence-electron chi connectivity index (χ2n) is 10.8. The lowest BCUT2D eigenvalue weighted by Crippen LogP contribution is -2.29. The molecule has 236 valence electrons. The molecule has 1 atom stereocenters. The van der Waals surface area contributed by atoms with Crippen LogP contribution in [0.1, 0.15) is 43.7 Å². The predicted octanol–water partition coefficient (Wildman–Crippen LogP) is 7.54. The molecule has 4 aromatic carbocycles. The normalized spacial score (nSPS) is 15.5. The molecule has 0 bridgehead atoms. The van der Waals surface area contributed by atoms with Crippen molar-refractivity contribution in [1.29, 1.82) is 0 Å². The molecule has 6 rings (SSSR count). The number of carbonyl (C=O) groups excluding carboxylic acids is 3. The second kappa shape index (κ2) is 13.3. The van der Waals surface area contributed by atoms with Gasteiger partial charge in [0, 0.05) is 5.56 Å². The van der Waals surface area contributed by atoms with E-state index in [0.717, 1.165) is 22.5 Å². The van der Waals surface area contributed by atoms with Gasteiger partial charge >= 0.3 is 11.9 Å². The van der Waals surface area contributed by atoms with Crippen molar-refractivity contribution in [2.75, 3.05) is 12.0 Å². The molecule has 1 aromatic heterocycles. The first-order valence-corrected chi connectivity index (χ1v) is 15.5. The van der Waals surface area contributed by atoms with Gasteiger partial charge in [0.2, 0.25) is 0 Å². The topological polar surface area (TPSA) is 115 Å². The molecule has 1 N–H and O–H groups in total. The van der Waals surface area contributed by atoms with Gasteiger partial charge in [0.1, 0.15) is 34.5 Å². The summed E-state index contributed by atoms with van der Waals surface area (Å²) in [7, 11) is 1.25. The van der Waals surface area contributed by atoms with Gasteiger partial charge in [-0.2, -0.15) is 0 Å². The molecule has 0 aliphatic carbocycles. The third kappa shape index (κ3) is 6.36. The number of rotatable bonds is 9. The van der Waals surface area contributed by atoms with E-state index in [1.165, 1.54) is 12.0 Å². The fourth-order valence-corrected chi connectivity index (χ4v) is 6.29. The van der Waals surface area contributed by atoms with Crippen LogP contribution in [0.4, 0.5) is 5.13 Å². The number of carbonyl (C=O) groups is 3. The molecule has 9 nitrogen and oxygen atoms in total. The lowest BCUT2D eigenvalue weighted by Gasteiger charge is -2.23. The van der Waals surface area contributed by atoms with Crippen molar-refractivity contribution < 1.29 is 33.7 Å². The van der Waals surface area contributed by atoms with Gasteiger partial charge in [0.25, 0.3) is 5.78 Å². The summed E-state index contributed by atoms with van der Waals surface area (Å²) in [5.41, 5.74) is 3.18. The number of aromatic nitrogens is 1. The largest absolute Gasteiger partial charge is 0.507 e. The standard InChI is InChI=1S/C37H30N2O7S/c1-22-10-7-8-11-26(22)21-45-27-18-16-24(17-19-27)32(40)30-31(25-12-9-15-29(20-25)46-28-13-5-4-6-14-28)39(35(42)33(30)41)37-38-23(2)34(47-37)36(43)44-3/h4-20,31,40H,21H2,1-3H3. The molecular weight excluding hydrogens is 616 g/mol. The highest BCUT2D eigenvalue weighted by molar-refractivity contribution is 7.17. The smallest absolute Gasteiger partial charge is 0.350 e. The second-order valence-corrected chi connectivity index (χ2v) is 11.8. The number of Topliss-reactive ketones (excluding diaryl/α,β-unsaturated/α-hetero) is 1. The number of nitrogens with zero attached hydrogens (tertiary/aromatic N) is 2. The fourth-order valence-electron chi connectivity index (χ4n) is 5.28. The zero-order chi connectivity index (χ0) is 33.1. The number of ketones is 1. The van der Waals surface area contributed by atoms with E-state index in [4.69, 9.17) is 14.2 Å². The minimum Gasteiger partial charge on any atom is -0.507 e. The predicted molar refractivity (Wildman–Crippen MR) is 178 cm³/mol. The number of anilines is 1. The maximum atomic E-state index is 13.7. The van der Waals surface area contributed by atoms with Crippen molar-refractivity contribution in [1.82, 2.24) is 4.98 Å². The van der Waals surface area contributed by atoms with Crippen molar-refractivity contribution in [3.05, 3.63) is 142 Å². The summed E-state index contributed by atoms with van der Waals surface area (Å²) in [6, 6.07) is 29.6. The summed E-state index contributed by atoms with van der Waals surface area (Å²) >= 11 is 0.932. The van der Waals surface area contributed by atoms with Crippen LogP contribution in [0, 0.1) is 13.8 Å². The van der Waals surface area contributed by atoms with Crippen LogP contribution in [0.3, 0.4) is 0 Å². The molecule has 1 unspecified atom stereocenters. The maximum absolute atomic E-state index is 13.7. The zero-order valence-electron chi connectivity index (χ0n) is 25.8. The highest BCUT2D eigenvalue weighted by atomic mass is 32.1. The van der Waals surface area contributed by atoms with Gasteiger partial charge in [-0.1, -0.05) is 65.9 Å². The number of amides is 1. The highest BCUT2D eigenvalue weighted by Gasteiger charge is 2.48. The van der Waals surface area contributed by atoms with Gasteiger partial charge in [-0.05, 0) is 79.1 Å². The number of para-hydroxylation sites is 1. The van der Waals surface area contributed by atoms with Gasteiger partial charge in [0.15, 0.2) is 5.13 Å². The first-order chi connectivity index (χ1) is 22.7. The first-order valence-electron chi connectivity index (χ1n) is 14.7. The van der Waals surface area contributed by atoms with Crippen LogP contribution in [0.25, 0.3) is 5.76 Å². The van der Waals surface area contributed by atoms with Crippen molar-refractivity contribution >= 4 is 39.9 Å². The van der Waals surface area contributed by atoms with Crippen LogP contribution in [0.2, 0.25) is 0 Å². The number of ether oxygens (including phenoxy) is 3. The number of benzene rings is 4. The molecule has 5 aromatic rings. The van der Waals surface area contributed by atoms with Gasteiger partial charge in [-0.15, -0.1) is 0 Å². The van der Waals surface area contributed by atoms with Crippen LogP contribution < -0.4 is 14.4 Å². The minimum absolute atomic E-state index is 0.114. The Balaban J connectivity index is 1.40. The molecule has 1 aliphatic heterocycles. The van der Waals surface area contributed by atoms with E-state index in [1.54, 1.807) is 67.6 Å². The average molecular weight is 647 g/mol. The van der Waals surface area contributed by atoms with E-state index < -0.39 is 23.7 Å². The molecule has 1 amide bonds. The molecule has 1 aliphatic rings. The van der Waals surface area contributed by atoms with Crippen LogP contribution in [-0.4, -0.2) is 34.9 Å². The summed E-state index contributed by atoms with van der Waals surface area (Å²) in [6.07, 6.45) is 0. The third-order valence-corrected chi connectivity index (χ3v) is 8.88. The molecule has 10 heteroatoms. The Bertz CT molecular complexity index is 2000. The molecule has 0 radical (unpaired) electrons. The van der Waals surface area contributed by atoms with Crippen LogP contribution in [-0.2, 0) is 20.9 Å². The molecule has 0 spiro atoms.